The minimum absolute atomic E-state index is 0.197. The summed E-state index contributed by atoms with van der Waals surface area (Å²) in [6.07, 6.45) is 1.10. The predicted octanol–water partition coefficient (Wildman–Crippen LogP) is 2.64. The lowest BCUT2D eigenvalue weighted by atomic mass is 10.1. The number of rotatable bonds is 6. The highest BCUT2D eigenvalue weighted by atomic mass is 32.2. The number of carbonyl (C=O) groups is 1. The summed E-state index contributed by atoms with van der Waals surface area (Å²) in [5.41, 5.74) is 2.38. The first-order chi connectivity index (χ1) is 11.3. The molecule has 0 aliphatic heterocycles. The van der Waals surface area contributed by atoms with Crippen LogP contribution in [-0.4, -0.2) is 27.1 Å². The lowest BCUT2D eigenvalue weighted by molar-refractivity contribution is -0.120. The SMILES string of the molecule is Cc1cccc(N(CC(=O)N[C@@H](C)c2ccccc2)S(C)(=O)=O)c1. The van der Waals surface area contributed by atoms with Gasteiger partial charge in [0.1, 0.15) is 6.54 Å². The van der Waals surface area contributed by atoms with Crippen molar-refractivity contribution in [2.45, 2.75) is 19.9 Å². The van der Waals surface area contributed by atoms with E-state index in [1.807, 2.05) is 50.2 Å². The second-order valence-electron chi connectivity index (χ2n) is 5.81. The first-order valence-corrected chi connectivity index (χ1v) is 9.51. The van der Waals surface area contributed by atoms with Gasteiger partial charge in [0.25, 0.3) is 0 Å². The molecule has 0 spiro atoms. The number of anilines is 1. The maximum atomic E-state index is 12.3. The van der Waals surface area contributed by atoms with Crippen molar-refractivity contribution in [1.82, 2.24) is 5.32 Å². The zero-order valence-corrected chi connectivity index (χ0v) is 14.9. The molecule has 24 heavy (non-hydrogen) atoms. The zero-order chi connectivity index (χ0) is 17.7. The Labute approximate surface area is 143 Å². The number of hydrogen-bond donors (Lipinski definition) is 1. The molecule has 0 unspecified atom stereocenters. The minimum Gasteiger partial charge on any atom is -0.348 e. The molecule has 0 saturated carbocycles. The molecule has 0 aliphatic carbocycles. The molecule has 0 fully saturated rings. The Bertz CT molecular complexity index is 804. The summed E-state index contributed by atoms with van der Waals surface area (Å²) in [5, 5.41) is 2.84. The van der Waals surface area contributed by atoms with Gasteiger partial charge in [0, 0.05) is 0 Å². The first kappa shape index (κ1) is 18.0. The molecule has 5 nitrogen and oxygen atoms in total. The van der Waals surface area contributed by atoms with E-state index in [0.717, 1.165) is 21.7 Å². The average Bonchev–Trinajstić information content (AvgIpc) is 2.52. The van der Waals surface area contributed by atoms with Crippen LogP contribution in [0.25, 0.3) is 0 Å². The van der Waals surface area contributed by atoms with E-state index in [-0.39, 0.29) is 18.5 Å². The van der Waals surface area contributed by atoms with Crippen molar-refractivity contribution in [2.75, 3.05) is 17.1 Å². The summed E-state index contributed by atoms with van der Waals surface area (Å²) in [7, 11) is -3.56. The molecule has 1 atom stereocenters. The Hall–Kier alpha value is -2.34. The number of hydrogen-bond acceptors (Lipinski definition) is 3. The molecule has 1 N–H and O–H groups in total. The van der Waals surface area contributed by atoms with Gasteiger partial charge in [-0.3, -0.25) is 9.10 Å². The average molecular weight is 346 g/mol. The van der Waals surface area contributed by atoms with E-state index in [4.69, 9.17) is 0 Å². The molecular formula is C18H22N2O3S. The van der Waals surface area contributed by atoms with E-state index in [1.165, 1.54) is 0 Å². The van der Waals surface area contributed by atoms with Gasteiger partial charge < -0.3 is 5.32 Å². The second kappa shape index (κ2) is 7.49. The van der Waals surface area contributed by atoms with Crippen LogP contribution in [0.4, 0.5) is 5.69 Å². The highest BCUT2D eigenvalue weighted by molar-refractivity contribution is 7.92. The summed E-state index contributed by atoms with van der Waals surface area (Å²) in [6.45, 7) is 3.49. The molecule has 128 valence electrons. The van der Waals surface area contributed by atoms with Gasteiger partial charge in [-0.2, -0.15) is 0 Å². The molecule has 2 aromatic carbocycles. The van der Waals surface area contributed by atoms with E-state index in [2.05, 4.69) is 5.32 Å². The summed E-state index contributed by atoms with van der Waals surface area (Å²) in [5.74, 6) is -0.349. The van der Waals surface area contributed by atoms with Gasteiger partial charge in [-0.25, -0.2) is 8.42 Å². The van der Waals surface area contributed by atoms with Crippen molar-refractivity contribution in [3.8, 4) is 0 Å². The summed E-state index contributed by atoms with van der Waals surface area (Å²) < 4.78 is 25.3. The molecule has 0 radical (unpaired) electrons. The van der Waals surface area contributed by atoms with Crippen LogP contribution in [0.3, 0.4) is 0 Å². The van der Waals surface area contributed by atoms with E-state index in [9.17, 15) is 13.2 Å². The first-order valence-electron chi connectivity index (χ1n) is 7.66. The molecule has 2 rings (SSSR count). The standard InChI is InChI=1S/C18H22N2O3S/c1-14-8-7-11-17(12-14)20(24(3,22)23)13-18(21)19-15(2)16-9-5-4-6-10-16/h4-12,15H,13H2,1-3H3,(H,19,21)/t15-/m0/s1. The van der Waals surface area contributed by atoms with Gasteiger partial charge in [-0.15, -0.1) is 0 Å². The molecule has 2 aromatic rings. The molecule has 0 aromatic heterocycles. The third kappa shape index (κ3) is 4.83. The van der Waals surface area contributed by atoms with E-state index in [0.29, 0.717) is 5.69 Å². The van der Waals surface area contributed by atoms with Crippen LogP contribution in [0, 0.1) is 6.92 Å². The Morgan fingerprint density at radius 1 is 1.12 bits per heavy atom. The van der Waals surface area contributed by atoms with Crippen molar-refractivity contribution in [3.63, 3.8) is 0 Å². The number of nitrogens with one attached hydrogen (secondary N) is 1. The topological polar surface area (TPSA) is 66.5 Å². The monoisotopic (exact) mass is 346 g/mol. The van der Waals surface area contributed by atoms with Crippen molar-refractivity contribution < 1.29 is 13.2 Å². The number of aryl methyl sites for hydroxylation is 1. The van der Waals surface area contributed by atoms with Crippen molar-refractivity contribution in [2.24, 2.45) is 0 Å². The lowest BCUT2D eigenvalue weighted by Gasteiger charge is -2.23. The second-order valence-corrected chi connectivity index (χ2v) is 7.72. The maximum Gasteiger partial charge on any atom is 0.241 e. The summed E-state index contributed by atoms with van der Waals surface area (Å²) >= 11 is 0. The molecule has 0 heterocycles. The highest BCUT2D eigenvalue weighted by Crippen LogP contribution is 2.19. The minimum atomic E-state index is -3.56. The van der Waals surface area contributed by atoms with Crippen molar-refractivity contribution in [3.05, 3.63) is 65.7 Å². The Morgan fingerprint density at radius 2 is 1.79 bits per heavy atom. The van der Waals surface area contributed by atoms with Crippen LogP contribution < -0.4 is 9.62 Å². The quantitative estimate of drug-likeness (QED) is 0.874. The molecule has 6 heteroatoms. The lowest BCUT2D eigenvalue weighted by Crippen LogP contribution is -2.41. The van der Waals surface area contributed by atoms with Crippen LogP contribution >= 0.6 is 0 Å². The number of sulfonamides is 1. The van der Waals surface area contributed by atoms with Gasteiger partial charge in [0.05, 0.1) is 18.0 Å². The van der Waals surface area contributed by atoms with Gasteiger partial charge in [-0.05, 0) is 37.1 Å². The van der Waals surface area contributed by atoms with E-state index < -0.39 is 10.0 Å². The smallest absolute Gasteiger partial charge is 0.241 e. The van der Waals surface area contributed by atoms with E-state index in [1.54, 1.807) is 18.2 Å². The Kier molecular flexibility index (Phi) is 5.62. The predicted molar refractivity (Wildman–Crippen MR) is 96.4 cm³/mol. The van der Waals surface area contributed by atoms with Crippen LogP contribution in [0.5, 0.6) is 0 Å². The normalized spacial score (nSPS) is 12.5. The Balaban J connectivity index is 2.14. The highest BCUT2D eigenvalue weighted by Gasteiger charge is 2.21. The molecule has 0 saturated heterocycles. The van der Waals surface area contributed by atoms with Crippen LogP contribution in [-0.2, 0) is 14.8 Å². The maximum absolute atomic E-state index is 12.3. The molecule has 0 aliphatic rings. The molecule has 0 bridgehead atoms. The largest absolute Gasteiger partial charge is 0.348 e. The fourth-order valence-electron chi connectivity index (χ4n) is 2.43. The number of benzene rings is 2. The third-order valence-corrected chi connectivity index (χ3v) is 4.79. The molecular weight excluding hydrogens is 324 g/mol. The number of carbonyl (C=O) groups excluding carboxylic acids is 1. The van der Waals surface area contributed by atoms with Crippen LogP contribution in [0.1, 0.15) is 24.1 Å². The fraction of sp³-hybridized carbons (Fsp3) is 0.278. The Morgan fingerprint density at radius 3 is 2.38 bits per heavy atom. The summed E-state index contributed by atoms with van der Waals surface area (Å²) in [4.78, 5) is 12.3. The van der Waals surface area contributed by atoms with Gasteiger partial charge in [0.15, 0.2) is 0 Å². The van der Waals surface area contributed by atoms with Gasteiger partial charge in [0.2, 0.25) is 15.9 Å². The van der Waals surface area contributed by atoms with Crippen LogP contribution in [0.2, 0.25) is 0 Å². The van der Waals surface area contributed by atoms with Gasteiger partial charge >= 0.3 is 0 Å². The fourth-order valence-corrected chi connectivity index (χ4v) is 3.27. The third-order valence-electron chi connectivity index (χ3n) is 3.65. The zero-order valence-electron chi connectivity index (χ0n) is 14.1. The van der Waals surface area contributed by atoms with Crippen molar-refractivity contribution >= 4 is 21.6 Å². The van der Waals surface area contributed by atoms with Gasteiger partial charge in [-0.1, -0.05) is 42.5 Å². The van der Waals surface area contributed by atoms with Crippen molar-refractivity contribution in [1.29, 1.82) is 0 Å². The number of nitrogens with zero attached hydrogens (tertiary/aromatic N) is 1. The summed E-state index contributed by atoms with van der Waals surface area (Å²) in [6, 6.07) is 16.4. The number of amides is 1. The molecule has 1 amide bonds. The van der Waals surface area contributed by atoms with Crippen LogP contribution in [0.15, 0.2) is 54.6 Å². The van der Waals surface area contributed by atoms with E-state index >= 15 is 0 Å².